The van der Waals surface area contributed by atoms with E-state index in [1.54, 1.807) is 0 Å². The average Bonchev–Trinajstić information content (AvgIpc) is 2.74. The molecule has 0 radical (unpaired) electrons. The Morgan fingerprint density at radius 1 is 1.40 bits per heavy atom. The summed E-state index contributed by atoms with van der Waals surface area (Å²) in [7, 11) is 0. The Morgan fingerprint density at radius 2 is 2.05 bits per heavy atom. The van der Waals surface area contributed by atoms with Gasteiger partial charge in [0.25, 0.3) is 0 Å². The summed E-state index contributed by atoms with van der Waals surface area (Å²) in [6.07, 6.45) is 5.73. The first-order valence-corrected chi connectivity index (χ1v) is 7.31. The van der Waals surface area contributed by atoms with E-state index in [0.29, 0.717) is 5.92 Å². The van der Waals surface area contributed by atoms with Gasteiger partial charge in [-0.3, -0.25) is 0 Å². The van der Waals surface area contributed by atoms with Gasteiger partial charge in [-0.1, -0.05) is 0 Å². The fourth-order valence-electron chi connectivity index (χ4n) is 2.50. The quantitative estimate of drug-likeness (QED) is 0.836. The first-order chi connectivity index (χ1) is 9.35. The molecule has 2 rings (SSSR count). The number of imidazole rings is 1. The van der Waals surface area contributed by atoms with Gasteiger partial charge in [0.2, 0.25) is 0 Å². The number of carbonyl (C=O) groups is 1. The first kappa shape index (κ1) is 14.9. The zero-order valence-corrected chi connectivity index (χ0v) is 12.9. The summed E-state index contributed by atoms with van der Waals surface area (Å²) in [6, 6.07) is 0. The van der Waals surface area contributed by atoms with Crippen molar-refractivity contribution in [1.29, 1.82) is 0 Å². The van der Waals surface area contributed by atoms with Crippen LogP contribution in [0.5, 0.6) is 0 Å². The number of ether oxygens (including phenoxy) is 1. The fraction of sp³-hybridized carbons (Fsp3) is 0.733. The zero-order chi connectivity index (χ0) is 14.8. The van der Waals surface area contributed by atoms with Crippen LogP contribution in [0.2, 0.25) is 0 Å². The molecule has 1 amide bonds. The maximum Gasteiger partial charge on any atom is 0.410 e. The number of carbonyl (C=O) groups excluding carboxylic acids is 1. The Balaban J connectivity index is 1.81. The Bertz CT molecular complexity index is 454. The second-order valence-corrected chi connectivity index (χ2v) is 6.54. The minimum Gasteiger partial charge on any atom is -0.444 e. The number of aromatic nitrogens is 2. The molecule has 1 aromatic rings. The van der Waals surface area contributed by atoms with Crippen molar-refractivity contribution >= 4 is 6.09 Å². The molecule has 1 aromatic heterocycles. The van der Waals surface area contributed by atoms with E-state index in [4.69, 9.17) is 4.74 Å². The second kappa shape index (κ2) is 5.85. The maximum atomic E-state index is 12.0. The second-order valence-electron chi connectivity index (χ2n) is 6.54. The van der Waals surface area contributed by atoms with Crippen LogP contribution in [0.3, 0.4) is 0 Å². The Morgan fingerprint density at radius 3 is 2.55 bits per heavy atom. The molecule has 112 valence electrons. The number of amides is 1. The van der Waals surface area contributed by atoms with Crippen molar-refractivity contribution in [2.75, 3.05) is 13.1 Å². The van der Waals surface area contributed by atoms with Gasteiger partial charge in [-0.05, 0) is 46.5 Å². The zero-order valence-electron chi connectivity index (χ0n) is 12.9. The lowest BCUT2D eigenvalue weighted by Gasteiger charge is -2.33. The van der Waals surface area contributed by atoms with Crippen LogP contribution in [0, 0.1) is 12.8 Å². The van der Waals surface area contributed by atoms with Gasteiger partial charge in [-0.2, -0.15) is 0 Å². The normalized spacial score (nSPS) is 17.3. The summed E-state index contributed by atoms with van der Waals surface area (Å²) in [4.78, 5) is 18.0. The Kier molecular flexibility index (Phi) is 4.35. The van der Waals surface area contributed by atoms with E-state index in [-0.39, 0.29) is 6.09 Å². The Hall–Kier alpha value is -1.52. The third-order valence-electron chi connectivity index (χ3n) is 3.64. The van der Waals surface area contributed by atoms with Gasteiger partial charge in [0, 0.05) is 32.0 Å². The van der Waals surface area contributed by atoms with Crippen molar-refractivity contribution in [3.05, 3.63) is 18.2 Å². The topological polar surface area (TPSA) is 47.4 Å². The van der Waals surface area contributed by atoms with Crippen molar-refractivity contribution < 1.29 is 9.53 Å². The molecule has 20 heavy (non-hydrogen) atoms. The van der Waals surface area contributed by atoms with Gasteiger partial charge < -0.3 is 14.2 Å². The molecular weight excluding hydrogens is 254 g/mol. The minimum absolute atomic E-state index is 0.185. The van der Waals surface area contributed by atoms with Gasteiger partial charge in [0.05, 0.1) is 0 Å². The molecule has 5 heteroatoms. The number of hydrogen-bond donors (Lipinski definition) is 0. The molecule has 0 aromatic carbocycles. The maximum absolute atomic E-state index is 12.0. The summed E-state index contributed by atoms with van der Waals surface area (Å²) >= 11 is 0. The molecule has 0 saturated carbocycles. The molecule has 0 atom stereocenters. The van der Waals surface area contributed by atoms with E-state index >= 15 is 0 Å². The van der Waals surface area contributed by atoms with E-state index < -0.39 is 5.60 Å². The van der Waals surface area contributed by atoms with Gasteiger partial charge in [0.1, 0.15) is 11.4 Å². The van der Waals surface area contributed by atoms with E-state index in [2.05, 4.69) is 9.55 Å². The molecule has 0 aliphatic carbocycles. The molecule has 2 heterocycles. The van der Waals surface area contributed by atoms with E-state index in [1.807, 2.05) is 45.0 Å². The highest BCUT2D eigenvalue weighted by Crippen LogP contribution is 2.21. The molecule has 0 bridgehead atoms. The number of rotatable bonds is 2. The monoisotopic (exact) mass is 279 g/mol. The van der Waals surface area contributed by atoms with Crippen molar-refractivity contribution in [1.82, 2.24) is 14.5 Å². The SMILES string of the molecule is Cc1nccn1CC1CCN(C(=O)OC(C)(C)C)CC1. The molecular formula is C15H25N3O2. The summed E-state index contributed by atoms with van der Waals surface area (Å²) in [6.45, 7) is 10.3. The number of piperidine rings is 1. The molecule has 0 unspecified atom stereocenters. The molecule has 1 fully saturated rings. The third kappa shape index (κ3) is 3.99. The van der Waals surface area contributed by atoms with Gasteiger partial charge >= 0.3 is 6.09 Å². The van der Waals surface area contributed by atoms with Gasteiger partial charge in [0.15, 0.2) is 0 Å². The summed E-state index contributed by atoms with van der Waals surface area (Å²) in [5.41, 5.74) is -0.415. The Labute approximate surface area is 120 Å². The van der Waals surface area contributed by atoms with Crippen LogP contribution in [0.15, 0.2) is 12.4 Å². The molecule has 5 nitrogen and oxygen atoms in total. The predicted octanol–water partition coefficient (Wildman–Crippen LogP) is 2.84. The summed E-state index contributed by atoms with van der Waals surface area (Å²) in [5.74, 6) is 1.67. The number of likely N-dealkylation sites (tertiary alicyclic amines) is 1. The smallest absolute Gasteiger partial charge is 0.410 e. The minimum atomic E-state index is -0.415. The molecule has 1 saturated heterocycles. The lowest BCUT2D eigenvalue weighted by Crippen LogP contribution is -2.42. The number of hydrogen-bond acceptors (Lipinski definition) is 3. The van der Waals surface area contributed by atoms with Crippen molar-refractivity contribution in [3.63, 3.8) is 0 Å². The largest absolute Gasteiger partial charge is 0.444 e. The summed E-state index contributed by atoms with van der Waals surface area (Å²) in [5, 5.41) is 0. The third-order valence-corrected chi connectivity index (χ3v) is 3.64. The standard InChI is InChI=1S/C15H25N3O2/c1-12-16-7-10-18(12)11-13-5-8-17(9-6-13)14(19)20-15(2,3)4/h7,10,13H,5-6,8-9,11H2,1-4H3. The first-order valence-electron chi connectivity index (χ1n) is 7.31. The van der Waals surface area contributed by atoms with E-state index in [0.717, 1.165) is 38.3 Å². The van der Waals surface area contributed by atoms with Crippen molar-refractivity contribution in [2.45, 2.75) is 52.7 Å². The molecule has 1 aliphatic rings. The predicted molar refractivity (Wildman–Crippen MR) is 77.5 cm³/mol. The molecule has 0 spiro atoms. The highest BCUT2D eigenvalue weighted by atomic mass is 16.6. The lowest BCUT2D eigenvalue weighted by molar-refractivity contribution is 0.0178. The van der Waals surface area contributed by atoms with Crippen molar-refractivity contribution in [2.24, 2.45) is 5.92 Å². The van der Waals surface area contributed by atoms with Crippen LogP contribution in [-0.4, -0.2) is 39.2 Å². The van der Waals surface area contributed by atoms with Gasteiger partial charge in [-0.15, -0.1) is 0 Å². The van der Waals surface area contributed by atoms with E-state index in [1.165, 1.54) is 0 Å². The van der Waals surface area contributed by atoms with Crippen LogP contribution < -0.4 is 0 Å². The van der Waals surface area contributed by atoms with Crippen LogP contribution in [0.25, 0.3) is 0 Å². The summed E-state index contributed by atoms with van der Waals surface area (Å²) < 4.78 is 7.60. The lowest BCUT2D eigenvalue weighted by atomic mass is 9.97. The molecule has 1 aliphatic heterocycles. The average molecular weight is 279 g/mol. The van der Waals surface area contributed by atoms with Crippen LogP contribution in [-0.2, 0) is 11.3 Å². The highest BCUT2D eigenvalue weighted by Gasteiger charge is 2.26. The van der Waals surface area contributed by atoms with Gasteiger partial charge in [-0.25, -0.2) is 9.78 Å². The highest BCUT2D eigenvalue weighted by molar-refractivity contribution is 5.68. The molecule has 0 N–H and O–H groups in total. The van der Waals surface area contributed by atoms with Crippen molar-refractivity contribution in [3.8, 4) is 0 Å². The van der Waals surface area contributed by atoms with Crippen LogP contribution in [0.1, 0.15) is 39.4 Å². The van der Waals surface area contributed by atoms with E-state index in [9.17, 15) is 4.79 Å². The fourth-order valence-corrected chi connectivity index (χ4v) is 2.50. The number of aryl methyl sites for hydroxylation is 1. The van der Waals surface area contributed by atoms with Crippen LogP contribution in [0.4, 0.5) is 4.79 Å². The number of nitrogens with zero attached hydrogens (tertiary/aromatic N) is 3. The van der Waals surface area contributed by atoms with Crippen LogP contribution >= 0.6 is 0 Å².